The van der Waals surface area contributed by atoms with Gasteiger partial charge in [0.2, 0.25) is 11.8 Å². The molecule has 142 valence electrons. The molecule has 7 nitrogen and oxygen atoms in total. The van der Waals surface area contributed by atoms with Crippen LogP contribution < -0.4 is 14.8 Å². The number of para-hydroxylation sites is 1. The molecular weight excluding hydrogens is 334 g/mol. The summed E-state index contributed by atoms with van der Waals surface area (Å²) >= 11 is 0. The van der Waals surface area contributed by atoms with Crippen molar-refractivity contribution >= 4 is 11.8 Å². The molecule has 0 saturated carbocycles. The van der Waals surface area contributed by atoms with Gasteiger partial charge in [0, 0.05) is 38.3 Å². The van der Waals surface area contributed by atoms with Crippen molar-refractivity contribution in [3.05, 3.63) is 23.8 Å². The van der Waals surface area contributed by atoms with Crippen molar-refractivity contribution in [3.63, 3.8) is 0 Å². The van der Waals surface area contributed by atoms with Crippen LogP contribution in [-0.4, -0.2) is 68.1 Å². The van der Waals surface area contributed by atoms with Crippen LogP contribution in [0.4, 0.5) is 0 Å². The summed E-state index contributed by atoms with van der Waals surface area (Å²) in [6.07, 6.45) is 2.32. The number of hydrogen-bond donors (Lipinski definition) is 1. The van der Waals surface area contributed by atoms with E-state index in [0.29, 0.717) is 31.1 Å². The maximum Gasteiger partial charge on any atom is 0.237 e. The average molecular weight is 361 g/mol. The quantitative estimate of drug-likeness (QED) is 0.819. The summed E-state index contributed by atoms with van der Waals surface area (Å²) in [5.74, 6) is 1.32. The predicted molar refractivity (Wildman–Crippen MR) is 97.2 cm³/mol. The van der Waals surface area contributed by atoms with E-state index in [1.807, 2.05) is 23.1 Å². The summed E-state index contributed by atoms with van der Waals surface area (Å²) in [4.78, 5) is 28.9. The lowest BCUT2D eigenvalue weighted by atomic mass is 10.1. The molecule has 2 saturated heterocycles. The van der Waals surface area contributed by atoms with Crippen LogP contribution in [0, 0.1) is 0 Å². The zero-order chi connectivity index (χ0) is 18.5. The van der Waals surface area contributed by atoms with E-state index in [-0.39, 0.29) is 18.2 Å². The molecule has 1 aromatic rings. The molecule has 0 bridgehead atoms. The average Bonchev–Trinajstić information content (AvgIpc) is 3.19. The molecule has 0 aliphatic carbocycles. The number of nitrogens with zero attached hydrogens (tertiary/aromatic N) is 2. The number of likely N-dealkylation sites (tertiary alicyclic amines) is 1. The highest BCUT2D eigenvalue weighted by Gasteiger charge is 2.34. The van der Waals surface area contributed by atoms with E-state index in [4.69, 9.17) is 9.47 Å². The Balaban J connectivity index is 1.76. The second-order valence-corrected chi connectivity index (χ2v) is 6.72. The van der Waals surface area contributed by atoms with Gasteiger partial charge in [-0.1, -0.05) is 12.1 Å². The van der Waals surface area contributed by atoms with E-state index in [1.165, 1.54) is 0 Å². The molecule has 2 heterocycles. The molecule has 0 radical (unpaired) electrons. The van der Waals surface area contributed by atoms with Gasteiger partial charge in [0.25, 0.3) is 0 Å². The number of hydrogen-bond acceptors (Lipinski definition) is 5. The summed E-state index contributed by atoms with van der Waals surface area (Å²) < 4.78 is 10.9. The molecule has 2 aliphatic heterocycles. The van der Waals surface area contributed by atoms with Crippen molar-refractivity contribution < 1.29 is 19.1 Å². The number of amides is 2. The van der Waals surface area contributed by atoms with Crippen LogP contribution in [0.3, 0.4) is 0 Å². The van der Waals surface area contributed by atoms with Crippen LogP contribution in [0.2, 0.25) is 0 Å². The van der Waals surface area contributed by atoms with Gasteiger partial charge in [0.15, 0.2) is 11.5 Å². The minimum absolute atomic E-state index is 0.0622. The topological polar surface area (TPSA) is 71.1 Å². The first-order valence-electron chi connectivity index (χ1n) is 9.13. The first kappa shape index (κ1) is 18.5. The SMILES string of the molecule is COc1cccc(CN2CCNC(=O)[C@H]2CC(=O)N2CCCC2)c1OC. The van der Waals surface area contributed by atoms with Gasteiger partial charge in [-0.25, -0.2) is 0 Å². The Labute approximate surface area is 154 Å². The number of nitrogens with one attached hydrogen (secondary N) is 1. The number of benzene rings is 1. The molecule has 1 atom stereocenters. The van der Waals surface area contributed by atoms with E-state index in [0.717, 1.165) is 31.5 Å². The highest BCUT2D eigenvalue weighted by Crippen LogP contribution is 2.32. The second-order valence-electron chi connectivity index (χ2n) is 6.72. The Hall–Kier alpha value is -2.28. The lowest BCUT2D eigenvalue weighted by molar-refractivity contribution is -0.138. The minimum atomic E-state index is -0.451. The molecule has 0 spiro atoms. The van der Waals surface area contributed by atoms with Crippen molar-refractivity contribution in [2.75, 3.05) is 40.4 Å². The van der Waals surface area contributed by atoms with E-state index >= 15 is 0 Å². The molecule has 3 rings (SSSR count). The van der Waals surface area contributed by atoms with Gasteiger partial charge in [-0.05, 0) is 18.9 Å². The van der Waals surface area contributed by atoms with Crippen molar-refractivity contribution in [1.82, 2.24) is 15.1 Å². The summed E-state index contributed by atoms with van der Waals surface area (Å²) in [5, 5.41) is 2.89. The van der Waals surface area contributed by atoms with Gasteiger partial charge in [0.05, 0.1) is 26.7 Å². The summed E-state index contributed by atoms with van der Waals surface area (Å²) in [6.45, 7) is 3.42. The number of methoxy groups -OCH3 is 2. The molecule has 2 fully saturated rings. The first-order chi connectivity index (χ1) is 12.6. The Morgan fingerprint density at radius 3 is 2.65 bits per heavy atom. The van der Waals surface area contributed by atoms with Crippen molar-refractivity contribution in [2.24, 2.45) is 0 Å². The minimum Gasteiger partial charge on any atom is -0.493 e. The molecular formula is C19H27N3O4. The van der Waals surface area contributed by atoms with Gasteiger partial charge in [-0.2, -0.15) is 0 Å². The first-order valence-corrected chi connectivity index (χ1v) is 9.13. The zero-order valence-electron chi connectivity index (χ0n) is 15.5. The standard InChI is InChI=1S/C19H27N3O4/c1-25-16-7-5-6-14(18(16)26-2)13-22-11-8-20-19(24)15(22)12-17(23)21-9-3-4-10-21/h5-7,15H,3-4,8-13H2,1-2H3,(H,20,24)/t15-/m1/s1. The predicted octanol–water partition coefficient (Wildman–Crippen LogP) is 1.02. The maximum absolute atomic E-state index is 12.6. The van der Waals surface area contributed by atoms with E-state index in [1.54, 1.807) is 14.2 Å². The molecule has 7 heteroatoms. The molecule has 0 unspecified atom stereocenters. The number of carbonyl (C=O) groups excluding carboxylic acids is 2. The highest BCUT2D eigenvalue weighted by atomic mass is 16.5. The summed E-state index contributed by atoms with van der Waals surface area (Å²) in [5.41, 5.74) is 0.945. The fraction of sp³-hybridized carbons (Fsp3) is 0.579. The molecule has 1 aromatic carbocycles. The smallest absolute Gasteiger partial charge is 0.237 e. The van der Waals surface area contributed by atoms with Crippen LogP contribution in [0.15, 0.2) is 18.2 Å². The van der Waals surface area contributed by atoms with Gasteiger partial charge < -0.3 is 19.7 Å². The zero-order valence-corrected chi connectivity index (χ0v) is 15.5. The van der Waals surface area contributed by atoms with Crippen LogP contribution in [0.5, 0.6) is 11.5 Å². The Morgan fingerprint density at radius 1 is 1.19 bits per heavy atom. The van der Waals surface area contributed by atoms with Gasteiger partial charge in [0.1, 0.15) is 0 Å². The largest absolute Gasteiger partial charge is 0.493 e. The van der Waals surface area contributed by atoms with Gasteiger partial charge in [-0.3, -0.25) is 14.5 Å². The van der Waals surface area contributed by atoms with Crippen molar-refractivity contribution in [3.8, 4) is 11.5 Å². The Kier molecular flexibility index (Phi) is 5.98. The third kappa shape index (κ3) is 3.93. The monoisotopic (exact) mass is 361 g/mol. The maximum atomic E-state index is 12.6. The Bertz CT molecular complexity index is 658. The van der Waals surface area contributed by atoms with Gasteiger partial charge >= 0.3 is 0 Å². The van der Waals surface area contributed by atoms with Crippen LogP contribution in [-0.2, 0) is 16.1 Å². The van der Waals surface area contributed by atoms with Gasteiger partial charge in [-0.15, -0.1) is 0 Å². The lowest BCUT2D eigenvalue weighted by Gasteiger charge is -2.35. The second kappa shape index (κ2) is 8.40. The Morgan fingerprint density at radius 2 is 1.96 bits per heavy atom. The van der Waals surface area contributed by atoms with Crippen LogP contribution >= 0.6 is 0 Å². The molecule has 2 aliphatic rings. The third-order valence-electron chi connectivity index (χ3n) is 5.13. The number of carbonyl (C=O) groups is 2. The lowest BCUT2D eigenvalue weighted by Crippen LogP contribution is -2.56. The summed E-state index contributed by atoms with van der Waals surface area (Å²) in [7, 11) is 3.21. The van der Waals surface area contributed by atoms with E-state index in [9.17, 15) is 9.59 Å². The van der Waals surface area contributed by atoms with Crippen LogP contribution in [0.1, 0.15) is 24.8 Å². The summed E-state index contributed by atoms with van der Waals surface area (Å²) in [6, 6.07) is 5.27. The molecule has 1 N–H and O–H groups in total. The number of rotatable bonds is 6. The number of piperazine rings is 1. The van der Waals surface area contributed by atoms with Crippen LogP contribution in [0.25, 0.3) is 0 Å². The van der Waals surface area contributed by atoms with Crippen molar-refractivity contribution in [2.45, 2.75) is 31.8 Å². The molecule has 26 heavy (non-hydrogen) atoms. The van der Waals surface area contributed by atoms with E-state index in [2.05, 4.69) is 10.2 Å². The number of ether oxygens (including phenoxy) is 2. The molecule has 0 aromatic heterocycles. The van der Waals surface area contributed by atoms with Crippen molar-refractivity contribution in [1.29, 1.82) is 0 Å². The normalized spacial score (nSPS) is 20.8. The third-order valence-corrected chi connectivity index (χ3v) is 5.13. The fourth-order valence-corrected chi connectivity index (χ4v) is 3.73. The highest BCUT2D eigenvalue weighted by molar-refractivity contribution is 5.89. The van der Waals surface area contributed by atoms with E-state index < -0.39 is 6.04 Å². The molecule has 2 amide bonds. The fourth-order valence-electron chi connectivity index (χ4n) is 3.73.